The monoisotopic (exact) mass is 316 g/mol. The summed E-state index contributed by atoms with van der Waals surface area (Å²) in [5, 5.41) is 10.1. The van der Waals surface area contributed by atoms with Crippen molar-refractivity contribution in [2.24, 2.45) is 0 Å². The highest BCUT2D eigenvalue weighted by molar-refractivity contribution is 7.53. The Morgan fingerprint density at radius 3 is 2.24 bits per heavy atom. The largest absolute Gasteiger partial charge is 0.390 e. The second kappa shape index (κ2) is 9.34. The Bertz CT molecular complexity index is 427. The van der Waals surface area contributed by atoms with Gasteiger partial charge in [-0.15, -0.1) is 0 Å². The van der Waals surface area contributed by atoms with Crippen molar-refractivity contribution in [3.05, 3.63) is 35.9 Å². The first kappa shape index (κ1) is 18.3. The minimum atomic E-state index is -3.25. The summed E-state index contributed by atoms with van der Waals surface area (Å²) in [5.41, 5.74) is 1.02. The quantitative estimate of drug-likeness (QED) is 0.671. The highest BCUT2D eigenvalue weighted by Gasteiger charge is 2.30. The first-order chi connectivity index (χ1) is 10.0. The van der Waals surface area contributed by atoms with Crippen LogP contribution in [0.2, 0.25) is 0 Å². The van der Waals surface area contributed by atoms with Crippen LogP contribution in [0.1, 0.15) is 26.3 Å². The highest BCUT2D eigenvalue weighted by Crippen LogP contribution is 2.48. The fourth-order valence-corrected chi connectivity index (χ4v) is 3.65. The van der Waals surface area contributed by atoms with Crippen LogP contribution in [0, 0.1) is 0 Å². The van der Waals surface area contributed by atoms with Gasteiger partial charge in [-0.1, -0.05) is 30.3 Å². The van der Waals surface area contributed by atoms with Gasteiger partial charge in [0.05, 0.1) is 38.2 Å². The van der Waals surface area contributed by atoms with Crippen molar-refractivity contribution in [2.45, 2.75) is 39.6 Å². The van der Waals surface area contributed by atoms with E-state index >= 15 is 0 Å². The van der Waals surface area contributed by atoms with E-state index in [4.69, 9.17) is 13.8 Å². The maximum Gasteiger partial charge on any atom is 0.333 e. The number of ether oxygens (including phenoxy) is 1. The number of aliphatic hydroxyl groups excluding tert-OH is 1. The molecule has 0 heterocycles. The molecule has 2 atom stereocenters. The van der Waals surface area contributed by atoms with E-state index in [2.05, 4.69) is 0 Å². The fraction of sp³-hybridized carbons (Fsp3) is 0.600. The van der Waals surface area contributed by atoms with Crippen LogP contribution in [-0.2, 0) is 25.0 Å². The first-order valence-corrected chi connectivity index (χ1v) is 8.95. The molecule has 0 spiro atoms. The van der Waals surface area contributed by atoms with Gasteiger partial charge in [0.1, 0.15) is 0 Å². The van der Waals surface area contributed by atoms with Crippen LogP contribution in [0.5, 0.6) is 0 Å². The molecule has 1 aromatic rings. The van der Waals surface area contributed by atoms with Gasteiger partial charge in [-0.05, 0) is 26.3 Å². The summed E-state index contributed by atoms with van der Waals surface area (Å²) in [5.74, 6) is 0. The lowest BCUT2D eigenvalue weighted by atomic mass is 10.2. The zero-order valence-corrected chi connectivity index (χ0v) is 13.8. The van der Waals surface area contributed by atoms with Crippen molar-refractivity contribution in [1.29, 1.82) is 0 Å². The molecule has 0 saturated heterocycles. The van der Waals surface area contributed by atoms with Gasteiger partial charge in [0.2, 0.25) is 0 Å². The summed E-state index contributed by atoms with van der Waals surface area (Å²) in [4.78, 5) is 0. The predicted molar refractivity (Wildman–Crippen MR) is 82.4 cm³/mol. The normalized spacial score (nSPS) is 14.9. The molecule has 21 heavy (non-hydrogen) atoms. The van der Waals surface area contributed by atoms with Crippen molar-refractivity contribution in [3.63, 3.8) is 0 Å². The van der Waals surface area contributed by atoms with E-state index in [1.165, 1.54) is 0 Å². The van der Waals surface area contributed by atoms with Gasteiger partial charge in [0.25, 0.3) is 0 Å². The lowest BCUT2D eigenvalue weighted by Crippen LogP contribution is -2.30. The Morgan fingerprint density at radius 2 is 1.71 bits per heavy atom. The Morgan fingerprint density at radius 1 is 1.14 bits per heavy atom. The molecule has 0 aliphatic carbocycles. The fourth-order valence-electron chi connectivity index (χ4n) is 1.83. The molecular weight excluding hydrogens is 291 g/mol. The van der Waals surface area contributed by atoms with Crippen LogP contribution in [0.15, 0.2) is 30.3 Å². The molecule has 0 aliphatic rings. The molecule has 0 bridgehead atoms. The molecule has 0 radical (unpaired) electrons. The van der Waals surface area contributed by atoms with E-state index in [9.17, 15) is 9.67 Å². The SMILES string of the molecule is CCOP(=O)(C[C@@H](O)[C@H](C)OCc1ccccc1)OCC. The molecule has 0 aliphatic heterocycles. The van der Waals surface area contributed by atoms with Gasteiger partial charge >= 0.3 is 7.60 Å². The van der Waals surface area contributed by atoms with E-state index in [1.54, 1.807) is 20.8 Å². The van der Waals surface area contributed by atoms with Gasteiger partial charge in [0, 0.05) is 0 Å². The van der Waals surface area contributed by atoms with Crippen LogP contribution in [0.4, 0.5) is 0 Å². The van der Waals surface area contributed by atoms with Gasteiger partial charge in [-0.3, -0.25) is 4.57 Å². The summed E-state index contributed by atoms with van der Waals surface area (Å²) in [6, 6.07) is 9.69. The molecule has 0 saturated carbocycles. The number of aliphatic hydroxyl groups is 1. The van der Waals surface area contributed by atoms with Crippen LogP contribution in [0.3, 0.4) is 0 Å². The molecule has 120 valence electrons. The molecule has 0 amide bonds. The van der Waals surface area contributed by atoms with Gasteiger partial charge < -0.3 is 18.9 Å². The Balaban J connectivity index is 2.49. The van der Waals surface area contributed by atoms with Crippen molar-refractivity contribution in [3.8, 4) is 0 Å². The number of benzene rings is 1. The van der Waals surface area contributed by atoms with E-state index in [0.29, 0.717) is 6.61 Å². The molecule has 1 N–H and O–H groups in total. The Kier molecular flexibility index (Phi) is 8.15. The average Bonchev–Trinajstić information content (AvgIpc) is 2.46. The van der Waals surface area contributed by atoms with Crippen molar-refractivity contribution < 1.29 is 23.5 Å². The molecule has 0 fully saturated rings. The molecule has 1 rings (SSSR count). The topological polar surface area (TPSA) is 65.0 Å². The summed E-state index contributed by atoms with van der Waals surface area (Å²) >= 11 is 0. The third-order valence-electron chi connectivity index (χ3n) is 2.96. The molecule has 1 aromatic carbocycles. The van der Waals surface area contributed by atoms with Gasteiger partial charge in [-0.2, -0.15) is 0 Å². The van der Waals surface area contributed by atoms with Crippen molar-refractivity contribution in [1.82, 2.24) is 0 Å². The van der Waals surface area contributed by atoms with Gasteiger partial charge in [-0.25, -0.2) is 0 Å². The standard InChI is InChI=1S/C15H25O5P/c1-4-19-21(17,20-5-2)12-15(16)13(3)18-11-14-9-7-6-8-10-14/h6-10,13,15-16H,4-5,11-12H2,1-3H3/t13-,15+/m0/s1. The lowest BCUT2D eigenvalue weighted by molar-refractivity contribution is -0.0277. The van der Waals surface area contributed by atoms with E-state index < -0.39 is 19.8 Å². The van der Waals surface area contributed by atoms with Crippen LogP contribution >= 0.6 is 7.60 Å². The van der Waals surface area contributed by atoms with E-state index in [0.717, 1.165) is 5.56 Å². The zero-order chi connectivity index (χ0) is 15.7. The molecule has 5 nitrogen and oxygen atoms in total. The number of hydrogen-bond donors (Lipinski definition) is 1. The van der Waals surface area contributed by atoms with Crippen LogP contribution < -0.4 is 0 Å². The summed E-state index contributed by atoms with van der Waals surface area (Å²) in [7, 11) is -3.25. The third-order valence-corrected chi connectivity index (χ3v) is 5.08. The van der Waals surface area contributed by atoms with Crippen molar-refractivity contribution >= 4 is 7.60 Å². The molecule has 0 aromatic heterocycles. The average molecular weight is 316 g/mol. The lowest BCUT2D eigenvalue weighted by Gasteiger charge is -2.24. The highest BCUT2D eigenvalue weighted by atomic mass is 31.2. The number of hydrogen-bond acceptors (Lipinski definition) is 5. The van der Waals surface area contributed by atoms with Crippen molar-refractivity contribution in [2.75, 3.05) is 19.4 Å². The Labute approximate surface area is 126 Å². The Hall–Kier alpha value is -0.710. The second-order valence-corrected chi connectivity index (χ2v) is 6.80. The summed E-state index contributed by atoms with van der Waals surface area (Å²) < 4.78 is 28.3. The van der Waals surface area contributed by atoms with Gasteiger partial charge in [0.15, 0.2) is 0 Å². The summed E-state index contributed by atoms with van der Waals surface area (Å²) in [6.45, 7) is 6.19. The number of rotatable bonds is 10. The van der Waals surface area contributed by atoms with E-state index in [1.807, 2.05) is 30.3 Å². The van der Waals surface area contributed by atoms with Crippen LogP contribution in [-0.4, -0.2) is 36.7 Å². The molecule has 0 unspecified atom stereocenters. The minimum absolute atomic E-state index is 0.0648. The first-order valence-electron chi connectivity index (χ1n) is 7.22. The second-order valence-electron chi connectivity index (χ2n) is 4.70. The molecular formula is C15H25O5P. The predicted octanol–water partition coefficient (Wildman–Crippen LogP) is 3.22. The van der Waals surface area contributed by atoms with Crippen LogP contribution in [0.25, 0.3) is 0 Å². The third kappa shape index (κ3) is 6.72. The zero-order valence-electron chi connectivity index (χ0n) is 12.9. The van der Waals surface area contributed by atoms with E-state index in [-0.39, 0.29) is 19.4 Å². The molecule has 6 heteroatoms. The smallest absolute Gasteiger partial charge is 0.333 e. The summed E-state index contributed by atoms with van der Waals surface area (Å²) in [6.07, 6.45) is -1.43. The minimum Gasteiger partial charge on any atom is -0.390 e. The maximum absolute atomic E-state index is 12.3. The maximum atomic E-state index is 12.3.